The maximum Gasteiger partial charge on any atom is 0.258 e. The minimum atomic E-state index is -0.888. The van der Waals surface area contributed by atoms with Crippen LogP contribution >= 0.6 is 0 Å². The average molecular weight is 409 g/mol. The SMILES string of the molecule is Cc1ccc(NC(=O)[C@H]2CC(=O)Nc3nc(N4CCC[C@@H](C)C4)[nH]c(=O)c32)cc1C. The van der Waals surface area contributed by atoms with Gasteiger partial charge in [0.25, 0.3) is 5.56 Å². The van der Waals surface area contributed by atoms with Gasteiger partial charge in [0, 0.05) is 25.2 Å². The van der Waals surface area contributed by atoms with Crippen LogP contribution in [0.4, 0.5) is 17.5 Å². The summed E-state index contributed by atoms with van der Waals surface area (Å²) in [6.45, 7) is 7.72. The van der Waals surface area contributed by atoms with E-state index in [1.54, 1.807) is 0 Å². The molecule has 2 atom stereocenters. The number of carbonyl (C=O) groups is 2. The average Bonchev–Trinajstić information content (AvgIpc) is 2.69. The Morgan fingerprint density at radius 3 is 2.77 bits per heavy atom. The molecule has 0 aliphatic carbocycles. The highest BCUT2D eigenvalue weighted by molar-refractivity contribution is 6.04. The molecular weight excluding hydrogens is 382 g/mol. The molecule has 8 nitrogen and oxygen atoms in total. The Hall–Kier alpha value is -3.16. The van der Waals surface area contributed by atoms with Gasteiger partial charge in [0.05, 0.1) is 11.5 Å². The van der Waals surface area contributed by atoms with E-state index in [0.717, 1.165) is 37.1 Å². The molecule has 2 amide bonds. The van der Waals surface area contributed by atoms with E-state index in [4.69, 9.17) is 0 Å². The third kappa shape index (κ3) is 3.94. The molecule has 158 valence electrons. The summed E-state index contributed by atoms with van der Waals surface area (Å²) in [6, 6.07) is 5.61. The fourth-order valence-electron chi connectivity index (χ4n) is 4.16. The number of benzene rings is 1. The van der Waals surface area contributed by atoms with Crippen LogP contribution in [0.5, 0.6) is 0 Å². The quantitative estimate of drug-likeness (QED) is 0.723. The second-order valence-corrected chi connectivity index (χ2v) is 8.44. The van der Waals surface area contributed by atoms with Gasteiger partial charge in [-0.05, 0) is 55.9 Å². The summed E-state index contributed by atoms with van der Waals surface area (Å²) in [4.78, 5) is 47.6. The van der Waals surface area contributed by atoms with Crippen LogP contribution in [0.2, 0.25) is 0 Å². The molecule has 2 aliphatic heterocycles. The number of piperidine rings is 1. The van der Waals surface area contributed by atoms with Crippen molar-refractivity contribution in [1.29, 1.82) is 0 Å². The summed E-state index contributed by atoms with van der Waals surface area (Å²) in [5.74, 6) is -0.462. The molecule has 0 unspecified atom stereocenters. The molecule has 8 heteroatoms. The van der Waals surface area contributed by atoms with Crippen molar-refractivity contribution < 1.29 is 9.59 Å². The Kier molecular flexibility index (Phi) is 5.32. The van der Waals surface area contributed by atoms with Gasteiger partial charge >= 0.3 is 0 Å². The van der Waals surface area contributed by atoms with E-state index in [2.05, 4.69) is 27.5 Å². The van der Waals surface area contributed by atoms with Gasteiger partial charge in [0.15, 0.2) is 0 Å². The van der Waals surface area contributed by atoms with Crippen molar-refractivity contribution in [3.63, 3.8) is 0 Å². The van der Waals surface area contributed by atoms with Gasteiger partial charge < -0.3 is 15.5 Å². The lowest BCUT2D eigenvalue weighted by Crippen LogP contribution is -2.40. The number of carbonyl (C=O) groups excluding carboxylic acids is 2. The number of nitrogens with zero attached hydrogens (tertiary/aromatic N) is 2. The lowest BCUT2D eigenvalue weighted by molar-refractivity contribution is -0.123. The van der Waals surface area contributed by atoms with Gasteiger partial charge in [-0.3, -0.25) is 19.4 Å². The molecule has 0 spiro atoms. The fraction of sp³-hybridized carbons (Fsp3) is 0.455. The first-order chi connectivity index (χ1) is 14.3. The van der Waals surface area contributed by atoms with Crippen LogP contribution in [0, 0.1) is 19.8 Å². The first-order valence-corrected chi connectivity index (χ1v) is 10.4. The summed E-state index contributed by atoms with van der Waals surface area (Å²) in [5, 5.41) is 5.52. The maximum absolute atomic E-state index is 13.0. The van der Waals surface area contributed by atoms with Gasteiger partial charge in [0.1, 0.15) is 5.82 Å². The van der Waals surface area contributed by atoms with Crippen molar-refractivity contribution in [1.82, 2.24) is 9.97 Å². The summed E-state index contributed by atoms with van der Waals surface area (Å²) >= 11 is 0. The number of amides is 2. The number of hydrogen-bond acceptors (Lipinski definition) is 5. The van der Waals surface area contributed by atoms with Crippen molar-refractivity contribution in [2.45, 2.75) is 46.0 Å². The minimum absolute atomic E-state index is 0.0888. The summed E-state index contributed by atoms with van der Waals surface area (Å²) in [5.41, 5.74) is 2.64. The van der Waals surface area contributed by atoms with E-state index in [9.17, 15) is 14.4 Å². The number of rotatable bonds is 3. The third-order valence-corrected chi connectivity index (χ3v) is 5.99. The molecule has 3 N–H and O–H groups in total. The molecule has 0 radical (unpaired) electrons. The van der Waals surface area contributed by atoms with Gasteiger partial charge in [0.2, 0.25) is 17.8 Å². The molecule has 1 fully saturated rings. The Morgan fingerprint density at radius 1 is 1.23 bits per heavy atom. The maximum atomic E-state index is 13.0. The molecule has 0 saturated carbocycles. The van der Waals surface area contributed by atoms with E-state index in [-0.39, 0.29) is 35.2 Å². The van der Waals surface area contributed by atoms with E-state index in [1.165, 1.54) is 0 Å². The topological polar surface area (TPSA) is 107 Å². The zero-order valence-corrected chi connectivity index (χ0v) is 17.5. The summed E-state index contributed by atoms with van der Waals surface area (Å²) < 4.78 is 0. The molecule has 1 aromatic heterocycles. The highest BCUT2D eigenvalue weighted by Crippen LogP contribution is 2.31. The van der Waals surface area contributed by atoms with E-state index < -0.39 is 5.92 Å². The monoisotopic (exact) mass is 409 g/mol. The van der Waals surface area contributed by atoms with Crippen LogP contribution in [0.1, 0.15) is 48.8 Å². The van der Waals surface area contributed by atoms with Crippen molar-refractivity contribution in [2.75, 3.05) is 28.6 Å². The Morgan fingerprint density at radius 2 is 2.03 bits per heavy atom. The van der Waals surface area contributed by atoms with E-state index in [0.29, 0.717) is 17.6 Å². The summed E-state index contributed by atoms with van der Waals surface area (Å²) in [6.07, 6.45) is 2.08. The number of nitrogens with one attached hydrogen (secondary N) is 3. The Balaban J connectivity index is 1.64. The smallest absolute Gasteiger partial charge is 0.258 e. The minimum Gasteiger partial charge on any atom is -0.342 e. The molecule has 3 heterocycles. The van der Waals surface area contributed by atoms with Crippen LogP contribution < -0.4 is 21.1 Å². The first kappa shape index (κ1) is 20.1. The van der Waals surface area contributed by atoms with Crippen LogP contribution in [0.3, 0.4) is 0 Å². The second kappa shape index (κ2) is 7.93. The normalized spacial score (nSPS) is 21.0. The predicted octanol–water partition coefficient (Wildman–Crippen LogP) is 2.69. The van der Waals surface area contributed by atoms with Gasteiger partial charge in [-0.1, -0.05) is 13.0 Å². The molecule has 2 aromatic rings. The lowest BCUT2D eigenvalue weighted by Gasteiger charge is -2.32. The molecule has 1 aromatic carbocycles. The highest BCUT2D eigenvalue weighted by atomic mass is 16.2. The van der Waals surface area contributed by atoms with Crippen LogP contribution in [-0.4, -0.2) is 34.9 Å². The molecule has 1 saturated heterocycles. The molecular formula is C22H27N5O3. The summed E-state index contributed by atoms with van der Waals surface area (Å²) in [7, 11) is 0. The van der Waals surface area contributed by atoms with E-state index >= 15 is 0 Å². The van der Waals surface area contributed by atoms with Gasteiger partial charge in [-0.25, -0.2) is 0 Å². The van der Waals surface area contributed by atoms with Crippen LogP contribution in [0.25, 0.3) is 0 Å². The van der Waals surface area contributed by atoms with Crippen LogP contribution in [0.15, 0.2) is 23.0 Å². The van der Waals surface area contributed by atoms with E-state index in [1.807, 2.05) is 36.9 Å². The predicted molar refractivity (Wildman–Crippen MR) is 116 cm³/mol. The number of hydrogen-bond donors (Lipinski definition) is 3. The second-order valence-electron chi connectivity index (χ2n) is 8.44. The van der Waals surface area contributed by atoms with Crippen LogP contribution in [-0.2, 0) is 9.59 Å². The van der Waals surface area contributed by atoms with Gasteiger partial charge in [-0.15, -0.1) is 0 Å². The number of aromatic nitrogens is 2. The molecule has 4 rings (SSSR count). The molecule has 30 heavy (non-hydrogen) atoms. The first-order valence-electron chi connectivity index (χ1n) is 10.4. The lowest BCUT2D eigenvalue weighted by atomic mass is 9.92. The number of aryl methyl sites for hydroxylation is 2. The third-order valence-electron chi connectivity index (χ3n) is 5.99. The zero-order chi connectivity index (χ0) is 21.4. The number of anilines is 3. The fourth-order valence-corrected chi connectivity index (χ4v) is 4.16. The largest absolute Gasteiger partial charge is 0.342 e. The zero-order valence-electron chi connectivity index (χ0n) is 17.5. The van der Waals surface area contributed by atoms with Gasteiger partial charge in [-0.2, -0.15) is 4.98 Å². The van der Waals surface area contributed by atoms with Crippen molar-refractivity contribution >= 4 is 29.3 Å². The van der Waals surface area contributed by atoms with Crippen molar-refractivity contribution in [3.05, 3.63) is 45.2 Å². The standard InChI is InChI=1S/C22H27N5O3/c1-12-5-4-8-27(11-12)22-25-19-18(21(30)26-22)16(10-17(28)24-19)20(29)23-15-7-6-13(2)14(3)9-15/h6-7,9,12,16H,4-5,8,10-11H2,1-3H3,(H,23,29)(H2,24,25,26,28,30)/t12-,16+/m1/s1. The number of aromatic amines is 1. The van der Waals surface area contributed by atoms with Crippen molar-refractivity contribution in [3.8, 4) is 0 Å². The Labute approximate surface area is 175 Å². The molecule has 2 aliphatic rings. The van der Waals surface area contributed by atoms with Crippen molar-refractivity contribution in [2.24, 2.45) is 5.92 Å². The Bertz CT molecular complexity index is 1060. The highest BCUT2D eigenvalue weighted by Gasteiger charge is 2.35. The number of H-pyrrole nitrogens is 1. The number of fused-ring (bicyclic) bond motifs is 1. The molecule has 0 bridgehead atoms.